The van der Waals surface area contributed by atoms with Gasteiger partial charge in [-0.1, -0.05) is 59.7 Å². The Bertz CT molecular complexity index is 3970. The minimum atomic E-state index is -5.25. The van der Waals surface area contributed by atoms with Crippen molar-refractivity contribution in [2.75, 3.05) is 21.3 Å². The fourth-order valence-corrected chi connectivity index (χ4v) is 7.83. The lowest BCUT2D eigenvalue weighted by Crippen LogP contribution is -3.00. The number of aromatic nitrogens is 8. The van der Waals surface area contributed by atoms with Crippen LogP contribution in [0.2, 0.25) is 0 Å². The SMILES string of the molecule is CC(=O)C([NH3+])Cc1ccc(C)cc1.Cc1ccc(C[C@H](NC(=O)c2ccc(N(Cc3c[nH+]c4nc(N)[nH]c(=O)c4n3)C(=O)C(F)(F)F)cc2)C(=O)OC(C)(C)C)cc1.Nc1nc2ncc(CN(C(=O)C(F)(F)F)c3ccc(C(=O)O)cc3)nc2c(=O)[nH]1.[Cl-].[Cl-]. The summed E-state index contributed by atoms with van der Waals surface area (Å²) < 4.78 is 85.4. The number of aromatic amines is 3. The van der Waals surface area contributed by atoms with Crippen molar-refractivity contribution in [3.8, 4) is 0 Å². The van der Waals surface area contributed by atoms with Crippen molar-refractivity contribution in [3.63, 3.8) is 0 Å². The molecular weight excluding hydrogens is 1230 g/mol. The third-order valence-electron chi connectivity index (χ3n) is 12.2. The molecular formula is C57H58Cl2F6N14O10. The number of carbonyl (C=O) groups excluding carboxylic acids is 5. The predicted molar refractivity (Wildman–Crippen MR) is 302 cm³/mol. The van der Waals surface area contributed by atoms with Crippen LogP contribution in [0.25, 0.3) is 22.3 Å². The highest BCUT2D eigenvalue weighted by atomic mass is 35.5. The summed E-state index contributed by atoms with van der Waals surface area (Å²) in [6, 6.07) is 23.4. The molecule has 0 saturated heterocycles. The van der Waals surface area contributed by atoms with Gasteiger partial charge in [-0.2, -0.15) is 31.3 Å². The first-order valence-electron chi connectivity index (χ1n) is 25.9. The number of ketones is 1. The Morgan fingerprint density at radius 2 is 1.11 bits per heavy atom. The lowest BCUT2D eigenvalue weighted by Gasteiger charge is -2.25. The summed E-state index contributed by atoms with van der Waals surface area (Å²) in [6.45, 7) is 9.27. The maximum Gasteiger partial charge on any atom is 0.471 e. The molecule has 0 aliphatic rings. The third kappa shape index (κ3) is 20.3. The molecule has 0 radical (unpaired) electrons. The number of nitrogens with one attached hydrogen (secondary N) is 4. The van der Waals surface area contributed by atoms with Crippen LogP contribution in [0, 0.1) is 13.8 Å². The van der Waals surface area contributed by atoms with Gasteiger partial charge in [-0.3, -0.25) is 48.5 Å². The number of alkyl halides is 6. The van der Waals surface area contributed by atoms with Crippen LogP contribution in [-0.2, 0) is 49.8 Å². The molecule has 8 aromatic rings. The molecule has 472 valence electrons. The molecule has 0 spiro atoms. The van der Waals surface area contributed by atoms with Gasteiger partial charge in [0.05, 0.1) is 30.5 Å². The Balaban J connectivity index is 0.000000327. The van der Waals surface area contributed by atoms with Crippen LogP contribution in [-0.4, -0.2) is 105 Å². The quantitative estimate of drug-likeness (QED) is 0.0460. The van der Waals surface area contributed by atoms with Crippen LogP contribution < -0.4 is 73.2 Å². The Hall–Kier alpha value is -9.94. The fraction of sp³-hybridized carbons (Fsp3) is 0.263. The van der Waals surface area contributed by atoms with Crippen molar-refractivity contribution in [1.82, 2.24) is 40.2 Å². The molecule has 3 amide bonds. The summed E-state index contributed by atoms with van der Waals surface area (Å²) in [6.07, 6.45) is -7.33. The van der Waals surface area contributed by atoms with Crippen LogP contribution in [0.4, 0.5) is 49.6 Å². The number of Topliss-reactive ketones (excluding diaryl/α,β-unsaturated/α-hetero) is 1. The number of aryl methyl sites for hydroxylation is 2. The smallest absolute Gasteiger partial charge is 0.471 e. The number of hydrogen-bond donors (Lipinski definition) is 7. The van der Waals surface area contributed by atoms with E-state index in [1.165, 1.54) is 29.5 Å². The minimum Gasteiger partial charge on any atom is -1.00 e. The number of hydrogen-bond acceptors (Lipinski definition) is 16. The second-order valence-corrected chi connectivity index (χ2v) is 20.4. The zero-order chi connectivity index (χ0) is 64.3. The number of nitrogens with zero attached hydrogens (tertiary/aromatic N) is 7. The van der Waals surface area contributed by atoms with Crippen LogP contribution in [0.15, 0.2) is 119 Å². The van der Waals surface area contributed by atoms with Gasteiger partial charge in [-0.25, -0.2) is 29.5 Å². The number of quaternary nitrogens is 1. The molecule has 0 fully saturated rings. The summed E-state index contributed by atoms with van der Waals surface area (Å²) >= 11 is 0. The van der Waals surface area contributed by atoms with Gasteiger partial charge < -0.3 is 57.2 Å². The van der Waals surface area contributed by atoms with E-state index in [4.69, 9.17) is 21.3 Å². The normalized spacial score (nSPS) is 11.8. The molecule has 1 unspecified atom stereocenters. The van der Waals surface area contributed by atoms with Gasteiger partial charge in [0.2, 0.25) is 11.5 Å². The van der Waals surface area contributed by atoms with Crippen LogP contribution in [0.5, 0.6) is 0 Å². The van der Waals surface area contributed by atoms with Gasteiger partial charge in [0.15, 0.2) is 16.9 Å². The number of H-pyrrole nitrogens is 3. The third-order valence-corrected chi connectivity index (χ3v) is 12.2. The van der Waals surface area contributed by atoms with Gasteiger partial charge in [0.1, 0.15) is 29.6 Å². The summed E-state index contributed by atoms with van der Waals surface area (Å²) in [7, 11) is 0. The first-order valence-corrected chi connectivity index (χ1v) is 25.9. The average molecular weight is 1280 g/mol. The van der Waals surface area contributed by atoms with E-state index >= 15 is 0 Å². The number of amides is 3. The molecule has 0 saturated carbocycles. The molecule has 4 aromatic carbocycles. The highest BCUT2D eigenvalue weighted by Crippen LogP contribution is 2.28. The number of anilines is 4. The number of nitrogen functional groups attached to an aromatic ring is 2. The van der Waals surface area contributed by atoms with Crippen molar-refractivity contribution >= 4 is 81.0 Å². The van der Waals surface area contributed by atoms with Gasteiger partial charge >= 0.3 is 47.7 Å². The molecule has 2 atom stereocenters. The Morgan fingerprint density at radius 3 is 1.58 bits per heavy atom. The average Bonchev–Trinajstić information content (AvgIpc) is 1.60. The Labute approximate surface area is 513 Å². The van der Waals surface area contributed by atoms with Crippen molar-refractivity contribution in [2.45, 2.75) is 97.5 Å². The molecule has 0 aliphatic carbocycles. The van der Waals surface area contributed by atoms with E-state index in [0.29, 0.717) is 9.80 Å². The van der Waals surface area contributed by atoms with Crippen LogP contribution in [0.1, 0.15) is 82.1 Å². The number of rotatable bonds is 15. The molecule has 24 nitrogen and oxygen atoms in total. The Morgan fingerprint density at radius 1 is 0.663 bits per heavy atom. The van der Waals surface area contributed by atoms with E-state index in [0.717, 1.165) is 60.1 Å². The number of aromatic carboxylic acids is 1. The number of benzene rings is 4. The molecule has 0 aliphatic heterocycles. The molecule has 89 heavy (non-hydrogen) atoms. The maximum atomic E-state index is 13.6. The van der Waals surface area contributed by atoms with Crippen molar-refractivity contribution in [1.29, 1.82) is 0 Å². The monoisotopic (exact) mass is 1280 g/mol. The van der Waals surface area contributed by atoms with E-state index in [1.807, 2.05) is 31.2 Å². The summed E-state index contributed by atoms with van der Waals surface area (Å²) in [5.41, 5.74) is 15.2. The molecule has 0 bridgehead atoms. The van der Waals surface area contributed by atoms with E-state index in [2.05, 4.69) is 82.1 Å². The van der Waals surface area contributed by atoms with Crippen molar-refractivity contribution in [2.24, 2.45) is 0 Å². The maximum absolute atomic E-state index is 13.6. The lowest BCUT2D eigenvalue weighted by atomic mass is 10.0. The minimum absolute atomic E-state index is 0. The van der Waals surface area contributed by atoms with E-state index in [1.54, 1.807) is 27.7 Å². The first-order chi connectivity index (χ1) is 40.6. The molecule has 4 aromatic heterocycles. The first kappa shape index (κ1) is 71.5. The molecule has 32 heteroatoms. The number of esters is 1. The second-order valence-electron chi connectivity index (χ2n) is 20.4. The second kappa shape index (κ2) is 30.1. The largest absolute Gasteiger partial charge is 1.00 e. The summed E-state index contributed by atoms with van der Waals surface area (Å²) in [5, 5.41) is 11.6. The van der Waals surface area contributed by atoms with E-state index in [-0.39, 0.29) is 111 Å². The number of carboxylic acids is 1. The van der Waals surface area contributed by atoms with Crippen LogP contribution >= 0.6 is 0 Å². The van der Waals surface area contributed by atoms with Crippen molar-refractivity contribution < 1.29 is 100 Å². The van der Waals surface area contributed by atoms with Crippen molar-refractivity contribution in [3.05, 3.63) is 175 Å². The Kier molecular flexibility index (Phi) is 24.2. The van der Waals surface area contributed by atoms with E-state index in [9.17, 15) is 64.7 Å². The van der Waals surface area contributed by atoms with Gasteiger partial charge in [0, 0.05) is 36.7 Å². The number of carbonyl (C=O) groups is 6. The number of fused-ring (bicyclic) bond motifs is 2. The summed E-state index contributed by atoms with van der Waals surface area (Å²) in [5.74, 6) is -7.28. The lowest BCUT2D eigenvalue weighted by molar-refractivity contribution is -0.402. The number of carboxylic acid groups (broad SMARTS) is 1. The van der Waals surface area contributed by atoms with Gasteiger partial charge in [-0.15, -0.1) is 0 Å². The topological polar surface area (TPSA) is 374 Å². The predicted octanol–water partition coefficient (Wildman–Crippen LogP) is -1.36. The molecule has 8 rings (SSSR count). The van der Waals surface area contributed by atoms with Gasteiger partial charge in [0.25, 0.3) is 17.0 Å². The number of halogens is 8. The van der Waals surface area contributed by atoms with Gasteiger partial charge in [-0.05, 0) is 99.3 Å². The van der Waals surface area contributed by atoms with E-state index < -0.39 is 77.9 Å². The van der Waals surface area contributed by atoms with Crippen LogP contribution in [0.3, 0.4) is 0 Å². The number of ether oxygens (including phenoxy) is 1. The number of nitrogens with two attached hydrogens (primary N) is 2. The zero-order valence-corrected chi connectivity index (χ0v) is 49.5. The molecule has 12 N–H and O–H groups in total. The summed E-state index contributed by atoms with van der Waals surface area (Å²) in [4.78, 5) is 124. The highest BCUT2D eigenvalue weighted by Gasteiger charge is 2.44. The standard InChI is InChI=1S/C30H30F3N7O5.C16H11F3N6O4.C11H15NO.2ClH/c1-16-5-7-17(8-6-16)13-21(26(43)45-29(2,3)4)37-24(41)18-9-11-20(12-10-18)40(27(44)30(31,32)33)15-19-14-35-23-22(36-19)25(42)39-28(34)38-23;17-16(18,19)14(29)25(9-3-1-7(2-4-9)13(27)28)6-8-5-21-11-10(22-8)12(26)24-15(20)23-11;1-8-3-5-10(6-4-8)7-11(12)9(2)13;;/h5-12,14,21H,13,15H2,1-4H3,(H,37,41)(H3,34,35,38,39,42);1-5H,6H2,(H,27,28)(H3,20,21,23,24,26);3-6,11H,7,12H2,1-2H3;2*1H/t21-;;;;/m0..../s1. The fourth-order valence-electron chi connectivity index (χ4n) is 7.83. The highest BCUT2D eigenvalue weighted by molar-refractivity contribution is 6.00. The zero-order valence-electron chi connectivity index (χ0n) is 48.0. The molecule has 4 heterocycles.